The van der Waals surface area contributed by atoms with Crippen LogP contribution in [0.4, 0.5) is 11.4 Å². The lowest BCUT2D eigenvalue weighted by atomic mass is 10.1. The summed E-state index contributed by atoms with van der Waals surface area (Å²) in [5.41, 5.74) is 6.16. The molecule has 1 spiro atoms. The van der Waals surface area contributed by atoms with Gasteiger partial charge in [0, 0.05) is 44.6 Å². The van der Waals surface area contributed by atoms with Crippen LogP contribution in [-0.2, 0) is 0 Å². The van der Waals surface area contributed by atoms with E-state index in [0.717, 1.165) is 30.5 Å². The van der Waals surface area contributed by atoms with Gasteiger partial charge >= 0.3 is 0 Å². The minimum atomic E-state index is -0.354. The number of anilines is 2. The molecule has 13 heteroatoms. The van der Waals surface area contributed by atoms with E-state index in [1.807, 2.05) is 4.90 Å². The highest BCUT2D eigenvalue weighted by Gasteiger charge is 2.54. The molecule has 0 saturated carbocycles. The van der Waals surface area contributed by atoms with E-state index in [2.05, 4.69) is 23.9 Å². The maximum absolute atomic E-state index is 13.5. The van der Waals surface area contributed by atoms with Gasteiger partial charge in [0.1, 0.15) is 5.66 Å². The van der Waals surface area contributed by atoms with Crippen LogP contribution in [0.25, 0.3) is 0 Å². The first-order valence-electron chi connectivity index (χ1n) is 14.6. The summed E-state index contributed by atoms with van der Waals surface area (Å²) in [6, 6.07) is 6.71. The Hall–Kier alpha value is -4.46. The Morgan fingerprint density at radius 1 is 1.05 bits per heavy atom. The van der Waals surface area contributed by atoms with Gasteiger partial charge in [0.25, 0.3) is 11.8 Å². The predicted octanol–water partition coefficient (Wildman–Crippen LogP) is 2.00. The van der Waals surface area contributed by atoms with Gasteiger partial charge in [-0.05, 0) is 18.6 Å². The molecule has 0 aromatic heterocycles. The molecule has 44 heavy (non-hydrogen) atoms. The molecule has 4 heterocycles. The maximum atomic E-state index is 13.5. The molecule has 2 aromatic rings. The summed E-state index contributed by atoms with van der Waals surface area (Å²) >= 11 is 0. The van der Waals surface area contributed by atoms with Gasteiger partial charge in [-0.15, -0.1) is 0 Å². The zero-order valence-corrected chi connectivity index (χ0v) is 25.1. The van der Waals surface area contributed by atoms with Crippen molar-refractivity contribution in [2.45, 2.75) is 31.0 Å². The summed E-state index contributed by atoms with van der Waals surface area (Å²) in [6.07, 6.45) is 1.98. The second-order valence-corrected chi connectivity index (χ2v) is 11.7. The third-order valence-electron chi connectivity index (χ3n) is 8.61. The molecule has 13 nitrogen and oxygen atoms in total. The first-order valence-corrected chi connectivity index (χ1v) is 14.6. The van der Waals surface area contributed by atoms with Gasteiger partial charge in [-0.25, -0.2) is 5.84 Å². The first-order chi connectivity index (χ1) is 21.2. The Bertz CT molecular complexity index is 1520. The van der Waals surface area contributed by atoms with E-state index in [0.29, 0.717) is 84.8 Å². The van der Waals surface area contributed by atoms with Crippen LogP contribution in [0.3, 0.4) is 0 Å². The lowest BCUT2D eigenvalue weighted by Gasteiger charge is -2.24. The Kier molecular flexibility index (Phi) is 7.78. The SMILES string of the molecule is C=C1CC2CN(N)c3cc(OCCCOc4cc(NN)c(C(=O)N5CC(=C)CC56CN6)cc4OC)c(OC)cc3C(=O)N2C1. The van der Waals surface area contributed by atoms with Crippen LogP contribution >= 0.6 is 0 Å². The van der Waals surface area contributed by atoms with Gasteiger partial charge in [0.05, 0.1) is 62.5 Å². The Balaban J connectivity index is 1.11. The molecule has 6 rings (SSSR count). The zero-order valence-electron chi connectivity index (χ0n) is 25.1. The minimum absolute atomic E-state index is 0.0221. The number of nitrogens with two attached hydrogens (primary N) is 2. The van der Waals surface area contributed by atoms with Crippen LogP contribution < -0.4 is 46.4 Å². The molecule has 6 N–H and O–H groups in total. The first kappa shape index (κ1) is 29.6. The fourth-order valence-electron chi connectivity index (χ4n) is 6.31. The van der Waals surface area contributed by atoms with Crippen LogP contribution in [0, 0.1) is 0 Å². The lowest BCUT2D eigenvalue weighted by Crippen LogP contribution is -2.42. The van der Waals surface area contributed by atoms with E-state index in [1.165, 1.54) is 14.2 Å². The second-order valence-electron chi connectivity index (χ2n) is 11.7. The van der Waals surface area contributed by atoms with E-state index in [9.17, 15) is 9.59 Å². The third-order valence-corrected chi connectivity index (χ3v) is 8.61. The molecule has 2 atom stereocenters. The molecule has 2 amide bonds. The van der Waals surface area contributed by atoms with E-state index < -0.39 is 0 Å². The number of ether oxygens (including phenoxy) is 4. The summed E-state index contributed by atoms with van der Waals surface area (Å²) in [6.45, 7) is 11.0. The molecule has 0 aliphatic carbocycles. The van der Waals surface area contributed by atoms with E-state index in [1.54, 1.807) is 34.2 Å². The molecule has 3 saturated heterocycles. The van der Waals surface area contributed by atoms with Crippen LogP contribution in [0.2, 0.25) is 0 Å². The number of likely N-dealkylation sites (tertiary alicyclic amines) is 1. The standard InChI is InChI=1S/C31H39N7O6/c1-18-8-20-16-38(33)24-12-28(26(42-4)10-22(24)29(39)36(20)14-18)44-7-5-6-43-27-11-23(35-32)21(9-25(27)41-3)30(40)37-15-19(2)13-31(37)17-34-31/h9-12,20,34-35H,1-2,5-8,13-17,32-33H2,3-4H3. The van der Waals surface area contributed by atoms with Crippen molar-refractivity contribution in [3.05, 3.63) is 59.7 Å². The summed E-state index contributed by atoms with van der Waals surface area (Å²) in [4.78, 5) is 30.4. The number of rotatable bonds is 10. The zero-order chi connectivity index (χ0) is 31.2. The highest BCUT2D eigenvalue weighted by molar-refractivity contribution is 6.02. The van der Waals surface area contributed by atoms with Crippen molar-refractivity contribution in [3.63, 3.8) is 0 Å². The molecule has 2 unspecified atom stereocenters. The molecular formula is C31H39N7O6. The van der Waals surface area contributed by atoms with Gasteiger partial charge in [-0.3, -0.25) is 20.7 Å². The Labute approximate surface area is 256 Å². The van der Waals surface area contributed by atoms with Crippen molar-refractivity contribution >= 4 is 23.2 Å². The fraction of sp³-hybridized carbons (Fsp3) is 0.419. The number of methoxy groups -OCH3 is 2. The van der Waals surface area contributed by atoms with Crippen molar-refractivity contribution in [3.8, 4) is 23.0 Å². The van der Waals surface area contributed by atoms with Crippen molar-refractivity contribution in [2.75, 3.05) is 64.0 Å². The number of nitrogens with zero attached hydrogens (tertiary/aromatic N) is 3. The molecule has 4 aliphatic rings. The van der Waals surface area contributed by atoms with Crippen LogP contribution in [0.5, 0.6) is 23.0 Å². The van der Waals surface area contributed by atoms with Crippen molar-refractivity contribution < 1.29 is 28.5 Å². The van der Waals surface area contributed by atoms with Gasteiger partial charge < -0.3 is 39.2 Å². The highest BCUT2D eigenvalue weighted by Crippen LogP contribution is 2.41. The number of nitrogens with one attached hydrogen (secondary N) is 2. The number of benzene rings is 2. The van der Waals surface area contributed by atoms with E-state index >= 15 is 0 Å². The van der Waals surface area contributed by atoms with Gasteiger partial charge in [0.2, 0.25) is 0 Å². The predicted molar refractivity (Wildman–Crippen MR) is 165 cm³/mol. The maximum Gasteiger partial charge on any atom is 0.257 e. The number of hydrogen-bond donors (Lipinski definition) is 4. The summed E-state index contributed by atoms with van der Waals surface area (Å²) in [5, 5.41) is 4.89. The third kappa shape index (κ3) is 5.27. The normalized spacial score (nSPS) is 22.1. The Morgan fingerprint density at radius 2 is 1.73 bits per heavy atom. The summed E-state index contributed by atoms with van der Waals surface area (Å²) in [7, 11) is 3.05. The quantitative estimate of drug-likeness (QED) is 0.103. The number of hydrazine groups is 2. The molecule has 234 valence electrons. The number of carbonyl (C=O) groups is 2. The molecule has 0 bridgehead atoms. The van der Waals surface area contributed by atoms with Gasteiger partial charge in [-0.1, -0.05) is 24.3 Å². The smallest absolute Gasteiger partial charge is 0.257 e. The molecular weight excluding hydrogens is 566 g/mol. The Morgan fingerprint density at radius 3 is 2.39 bits per heavy atom. The number of nitrogen functional groups attached to an aromatic ring is 1. The molecule has 4 aliphatic heterocycles. The van der Waals surface area contributed by atoms with Crippen LogP contribution in [0.15, 0.2) is 48.6 Å². The number of carbonyl (C=O) groups excluding carboxylic acids is 2. The van der Waals surface area contributed by atoms with Crippen LogP contribution in [0.1, 0.15) is 40.0 Å². The number of hydrogen-bond acceptors (Lipinski definition) is 11. The van der Waals surface area contributed by atoms with E-state index in [-0.39, 0.29) is 23.5 Å². The molecule has 0 radical (unpaired) electrons. The van der Waals surface area contributed by atoms with Crippen LogP contribution in [-0.4, -0.2) is 86.9 Å². The summed E-state index contributed by atoms with van der Waals surface area (Å²) in [5.74, 6) is 13.7. The fourth-order valence-corrected chi connectivity index (χ4v) is 6.31. The minimum Gasteiger partial charge on any atom is -0.493 e. The van der Waals surface area contributed by atoms with Crippen molar-refractivity contribution in [1.82, 2.24) is 15.1 Å². The number of fused-ring (bicyclic) bond motifs is 2. The van der Waals surface area contributed by atoms with Crippen molar-refractivity contribution in [1.29, 1.82) is 0 Å². The average molecular weight is 606 g/mol. The van der Waals surface area contributed by atoms with Gasteiger partial charge in [0.15, 0.2) is 23.0 Å². The topological polar surface area (TPSA) is 167 Å². The number of amides is 2. The van der Waals surface area contributed by atoms with Gasteiger partial charge in [-0.2, -0.15) is 0 Å². The molecule has 2 aromatic carbocycles. The lowest BCUT2D eigenvalue weighted by molar-refractivity contribution is 0.0714. The summed E-state index contributed by atoms with van der Waals surface area (Å²) < 4.78 is 23.2. The molecule has 3 fully saturated rings. The van der Waals surface area contributed by atoms with E-state index in [4.69, 9.17) is 30.6 Å². The highest BCUT2D eigenvalue weighted by atomic mass is 16.5. The average Bonchev–Trinajstić information content (AvgIpc) is 3.60. The second kappa shape index (κ2) is 11.6. The van der Waals surface area contributed by atoms with Crippen molar-refractivity contribution in [2.24, 2.45) is 11.7 Å². The monoisotopic (exact) mass is 605 g/mol. The largest absolute Gasteiger partial charge is 0.493 e.